The molecular weight excluding hydrogens is 240 g/mol. The second-order valence-corrected chi connectivity index (χ2v) is 5.32. The number of nitrogens with two attached hydrogens (primary N) is 1. The number of carbonyl (C=O) groups excluding carboxylic acids is 1. The minimum absolute atomic E-state index is 0.0233. The van der Waals surface area contributed by atoms with Crippen LogP contribution in [0.25, 0.3) is 0 Å². The van der Waals surface area contributed by atoms with Crippen molar-refractivity contribution in [2.24, 2.45) is 11.7 Å². The van der Waals surface area contributed by atoms with Crippen LogP contribution in [0, 0.1) is 12.8 Å². The van der Waals surface area contributed by atoms with Crippen LogP contribution in [-0.4, -0.2) is 19.1 Å². The number of benzene rings is 1. The first-order valence-electron chi connectivity index (χ1n) is 6.65. The number of hydrogen-bond acceptors (Lipinski definition) is 3. The molecule has 1 rings (SSSR count). The lowest BCUT2D eigenvalue weighted by Gasteiger charge is -2.15. The maximum Gasteiger partial charge on any atom is 0.257 e. The smallest absolute Gasteiger partial charge is 0.257 e. The van der Waals surface area contributed by atoms with Crippen molar-refractivity contribution in [3.05, 3.63) is 29.3 Å². The molecule has 1 aromatic rings. The minimum atomic E-state index is -0.117. The summed E-state index contributed by atoms with van der Waals surface area (Å²) in [6, 6.07) is 5.69. The average Bonchev–Trinajstić information content (AvgIpc) is 2.34. The molecule has 106 valence electrons. The quantitative estimate of drug-likeness (QED) is 0.827. The highest BCUT2D eigenvalue weighted by atomic mass is 16.5. The van der Waals surface area contributed by atoms with Crippen LogP contribution in [0.15, 0.2) is 18.2 Å². The molecule has 0 saturated carbocycles. The summed E-state index contributed by atoms with van der Waals surface area (Å²) in [7, 11) is 0. The van der Waals surface area contributed by atoms with Gasteiger partial charge in [-0.3, -0.25) is 4.79 Å². The molecule has 0 aliphatic heterocycles. The molecule has 1 atom stereocenters. The van der Waals surface area contributed by atoms with Crippen LogP contribution in [-0.2, 0) is 4.79 Å². The molecular formula is C15H24N2O2. The van der Waals surface area contributed by atoms with E-state index in [1.165, 1.54) is 0 Å². The molecule has 4 nitrogen and oxygen atoms in total. The molecule has 0 fully saturated rings. The molecule has 1 aromatic carbocycles. The zero-order valence-electron chi connectivity index (χ0n) is 12.2. The van der Waals surface area contributed by atoms with Gasteiger partial charge in [-0.25, -0.2) is 0 Å². The van der Waals surface area contributed by atoms with E-state index in [1.54, 1.807) is 0 Å². The first kappa shape index (κ1) is 15.5. The molecule has 0 bridgehead atoms. The number of aryl methyl sites for hydroxylation is 1. The minimum Gasteiger partial charge on any atom is -0.483 e. The number of ether oxygens (including phenoxy) is 1. The lowest BCUT2D eigenvalue weighted by molar-refractivity contribution is -0.123. The van der Waals surface area contributed by atoms with Crippen LogP contribution in [0.3, 0.4) is 0 Å². The lowest BCUT2D eigenvalue weighted by Crippen LogP contribution is -2.31. The van der Waals surface area contributed by atoms with Crippen LogP contribution in [0.2, 0.25) is 0 Å². The summed E-state index contributed by atoms with van der Waals surface area (Å²) in [6.07, 6.45) is 0. The van der Waals surface area contributed by atoms with Crippen molar-refractivity contribution in [1.29, 1.82) is 0 Å². The Hall–Kier alpha value is -1.55. The Bertz CT molecular complexity index is 428. The summed E-state index contributed by atoms with van der Waals surface area (Å²) in [5.41, 5.74) is 7.96. The molecule has 1 unspecified atom stereocenters. The molecule has 0 aliphatic rings. The summed E-state index contributed by atoms with van der Waals surface area (Å²) in [5.74, 6) is 1.01. The average molecular weight is 264 g/mol. The molecule has 1 amide bonds. The maximum atomic E-state index is 11.6. The van der Waals surface area contributed by atoms with Gasteiger partial charge in [0.15, 0.2) is 6.61 Å². The number of hydrogen-bond donors (Lipinski definition) is 2. The highest BCUT2D eigenvalue weighted by Crippen LogP contribution is 2.24. The number of carbonyl (C=O) groups is 1. The van der Waals surface area contributed by atoms with Gasteiger partial charge in [0.2, 0.25) is 0 Å². The fourth-order valence-electron chi connectivity index (χ4n) is 1.67. The summed E-state index contributed by atoms with van der Waals surface area (Å²) in [6.45, 7) is 8.70. The van der Waals surface area contributed by atoms with Crippen molar-refractivity contribution in [1.82, 2.24) is 5.32 Å². The SMILES string of the molecule is Cc1ccc(OCC(=O)NCC(C)C)c(C(C)N)c1. The summed E-state index contributed by atoms with van der Waals surface area (Å²) in [5, 5.41) is 2.82. The first-order valence-corrected chi connectivity index (χ1v) is 6.65. The van der Waals surface area contributed by atoms with E-state index in [4.69, 9.17) is 10.5 Å². The van der Waals surface area contributed by atoms with Crippen LogP contribution < -0.4 is 15.8 Å². The van der Waals surface area contributed by atoms with Crippen LogP contribution >= 0.6 is 0 Å². The van der Waals surface area contributed by atoms with Crippen molar-refractivity contribution < 1.29 is 9.53 Å². The Kier molecular flexibility index (Phi) is 5.83. The van der Waals surface area contributed by atoms with Crippen molar-refractivity contribution in [2.45, 2.75) is 33.7 Å². The number of nitrogens with one attached hydrogen (secondary N) is 1. The second kappa shape index (κ2) is 7.14. The van der Waals surface area contributed by atoms with Crippen molar-refractivity contribution in [3.63, 3.8) is 0 Å². The Balaban J connectivity index is 2.60. The molecule has 3 N–H and O–H groups in total. The third kappa shape index (κ3) is 5.30. The lowest BCUT2D eigenvalue weighted by atomic mass is 10.1. The van der Waals surface area contributed by atoms with Crippen molar-refractivity contribution in [3.8, 4) is 5.75 Å². The summed E-state index contributed by atoms with van der Waals surface area (Å²) < 4.78 is 5.56. The van der Waals surface area contributed by atoms with Gasteiger partial charge >= 0.3 is 0 Å². The van der Waals surface area contributed by atoms with Gasteiger partial charge in [-0.15, -0.1) is 0 Å². The van der Waals surface area contributed by atoms with E-state index < -0.39 is 0 Å². The topological polar surface area (TPSA) is 64.3 Å². The molecule has 0 radical (unpaired) electrons. The van der Waals surface area contributed by atoms with Crippen LogP contribution in [0.1, 0.15) is 37.9 Å². The first-order chi connectivity index (χ1) is 8.90. The number of amides is 1. The highest BCUT2D eigenvalue weighted by Gasteiger charge is 2.10. The Morgan fingerprint density at radius 2 is 2.05 bits per heavy atom. The Morgan fingerprint density at radius 1 is 1.37 bits per heavy atom. The largest absolute Gasteiger partial charge is 0.483 e. The molecule has 4 heteroatoms. The van der Waals surface area contributed by atoms with Crippen molar-refractivity contribution >= 4 is 5.91 Å². The zero-order valence-corrected chi connectivity index (χ0v) is 12.2. The molecule has 0 spiro atoms. The molecule has 0 heterocycles. The predicted octanol–water partition coefficient (Wildman–Crippen LogP) is 2.17. The van der Waals surface area contributed by atoms with Gasteiger partial charge in [0, 0.05) is 18.2 Å². The van der Waals surface area contributed by atoms with E-state index in [-0.39, 0.29) is 18.6 Å². The standard InChI is InChI=1S/C15H24N2O2/c1-10(2)8-17-15(18)9-19-14-6-5-11(3)7-13(14)12(4)16/h5-7,10,12H,8-9,16H2,1-4H3,(H,17,18). The third-order valence-corrected chi connectivity index (χ3v) is 2.72. The van der Waals surface area contributed by atoms with Gasteiger partial charge < -0.3 is 15.8 Å². The Morgan fingerprint density at radius 3 is 2.63 bits per heavy atom. The van der Waals surface area contributed by atoms with Gasteiger partial charge in [0.25, 0.3) is 5.91 Å². The maximum absolute atomic E-state index is 11.6. The molecule has 19 heavy (non-hydrogen) atoms. The summed E-state index contributed by atoms with van der Waals surface area (Å²) in [4.78, 5) is 11.6. The summed E-state index contributed by atoms with van der Waals surface area (Å²) >= 11 is 0. The molecule has 0 aliphatic carbocycles. The highest BCUT2D eigenvalue weighted by molar-refractivity contribution is 5.77. The van der Waals surface area contributed by atoms with Gasteiger partial charge in [-0.2, -0.15) is 0 Å². The van der Waals surface area contributed by atoms with Crippen molar-refractivity contribution in [2.75, 3.05) is 13.2 Å². The van der Waals surface area contributed by atoms with E-state index in [2.05, 4.69) is 19.2 Å². The molecule has 0 saturated heterocycles. The predicted molar refractivity (Wildman–Crippen MR) is 77.1 cm³/mol. The Labute approximate surface area is 115 Å². The van der Waals surface area contributed by atoms with E-state index in [1.807, 2.05) is 32.0 Å². The van der Waals surface area contributed by atoms with Gasteiger partial charge in [0.05, 0.1) is 0 Å². The fourth-order valence-corrected chi connectivity index (χ4v) is 1.67. The number of rotatable bonds is 6. The van der Waals surface area contributed by atoms with E-state index in [0.717, 1.165) is 11.1 Å². The monoisotopic (exact) mass is 264 g/mol. The van der Waals surface area contributed by atoms with Gasteiger partial charge in [-0.1, -0.05) is 31.5 Å². The van der Waals surface area contributed by atoms with E-state index in [9.17, 15) is 4.79 Å². The van der Waals surface area contributed by atoms with E-state index in [0.29, 0.717) is 18.2 Å². The molecule has 0 aromatic heterocycles. The normalized spacial score (nSPS) is 12.3. The van der Waals surface area contributed by atoms with Crippen LogP contribution in [0.4, 0.5) is 0 Å². The van der Waals surface area contributed by atoms with Gasteiger partial charge in [0.1, 0.15) is 5.75 Å². The zero-order chi connectivity index (χ0) is 14.4. The van der Waals surface area contributed by atoms with Gasteiger partial charge in [-0.05, 0) is 25.8 Å². The third-order valence-electron chi connectivity index (χ3n) is 2.72. The second-order valence-electron chi connectivity index (χ2n) is 5.32. The van der Waals surface area contributed by atoms with Crippen LogP contribution in [0.5, 0.6) is 5.75 Å². The van der Waals surface area contributed by atoms with E-state index >= 15 is 0 Å². The fraction of sp³-hybridized carbons (Fsp3) is 0.533.